The monoisotopic (exact) mass is 417 g/mol. The molecule has 2 rings (SSSR count). The van der Waals surface area contributed by atoms with Gasteiger partial charge in [0, 0.05) is 30.8 Å². The number of hydrogen-bond donors (Lipinski definition) is 2. The first-order chi connectivity index (χ1) is 13.7. The highest BCUT2D eigenvalue weighted by Crippen LogP contribution is 2.21. The van der Waals surface area contributed by atoms with Gasteiger partial charge in [-0.1, -0.05) is 24.0 Å². The predicted octanol–water partition coefficient (Wildman–Crippen LogP) is 2.22. The summed E-state index contributed by atoms with van der Waals surface area (Å²) in [6.07, 6.45) is 0. The van der Waals surface area contributed by atoms with Crippen molar-refractivity contribution in [3.05, 3.63) is 58.1 Å². The SMILES string of the molecule is CC(=O)Nc1cccc(OCC#CCNS(=O)(=O)c2cc([N+](=O)[O-])ccc2C)c1. The van der Waals surface area contributed by atoms with E-state index in [1.807, 2.05) is 0 Å². The van der Waals surface area contributed by atoms with Crippen LogP contribution in [0.5, 0.6) is 5.75 Å². The summed E-state index contributed by atoms with van der Waals surface area (Å²) in [7, 11) is -3.94. The summed E-state index contributed by atoms with van der Waals surface area (Å²) < 4.78 is 32.4. The number of benzene rings is 2. The Bertz CT molecular complexity index is 1090. The number of rotatable bonds is 7. The third-order valence-electron chi connectivity index (χ3n) is 3.61. The Morgan fingerprint density at radius 3 is 2.66 bits per heavy atom. The number of amides is 1. The number of carbonyl (C=O) groups excluding carboxylic acids is 1. The van der Waals surface area contributed by atoms with Crippen molar-refractivity contribution in [2.75, 3.05) is 18.5 Å². The van der Waals surface area contributed by atoms with Gasteiger partial charge in [0.25, 0.3) is 5.69 Å². The van der Waals surface area contributed by atoms with E-state index in [1.54, 1.807) is 31.2 Å². The average molecular weight is 417 g/mol. The van der Waals surface area contributed by atoms with Gasteiger partial charge >= 0.3 is 0 Å². The Morgan fingerprint density at radius 1 is 1.21 bits per heavy atom. The molecule has 152 valence electrons. The lowest BCUT2D eigenvalue weighted by molar-refractivity contribution is -0.385. The van der Waals surface area contributed by atoms with Crippen molar-refractivity contribution in [1.82, 2.24) is 4.72 Å². The lowest BCUT2D eigenvalue weighted by atomic mass is 10.2. The van der Waals surface area contributed by atoms with Crippen molar-refractivity contribution in [2.24, 2.45) is 0 Å². The lowest BCUT2D eigenvalue weighted by Crippen LogP contribution is -2.25. The summed E-state index contributed by atoms with van der Waals surface area (Å²) in [5.74, 6) is 5.58. The quantitative estimate of drug-likeness (QED) is 0.404. The van der Waals surface area contributed by atoms with Gasteiger partial charge in [-0.25, -0.2) is 8.42 Å². The summed E-state index contributed by atoms with van der Waals surface area (Å²) in [5.41, 5.74) is 0.665. The van der Waals surface area contributed by atoms with E-state index < -0.39 is 14.9 Å². The van der Waals surface area contributed by atoms with Crippen LogP contribution in [0, 0.1) is 28.9 Å². The van der Waals surface area contributed by atoms with Crippen LogP contribution in [0.25, 0.3) is 0 Å². The summed E-state index contributed by atoms with van der Waals surface area (Å²) in [6.45, 7) is 2.78. The van der Waals surface area contributed by atoms with Crippen molar-refractivity contribution >= 4 is 27.3 Å². The zero-order valence-corrected chi connectivity index (χ0v) is 16.6. The Kier molecular flexibility index (Phi) is 7.30. The molecule has 2 N–H and O–H groups in total. The molecule has 29 heavy (non-hydrogen) atoms. The fraction of sp³-hybridized carbons (Fsp3) is 0.211. The van der Waals surface area contributed by atoms with E-state index >= 15 is 0 Å². The predicted molar refractivity (Wildman–Crippen MR) is 107 cm³/mol. The number of nitrogens with zero attached hydrogens (tertiary/aromatic N) is 1. The van der Waals surface area contributed by atoms with Crippen LogP contribution in [-0.4, -0.2) is 32.4 Å². The number of non-ortho nitro benzene ring substituents is 1. The van der Waals surface area contributed by atoms with Crippen molar-refractivity contribution in [3.8, 4) is 17.6 Å². The fourth-order valence-corrected chi connectivity index (χ4v) is 3.49. The van der Waals surface area contributed by atoms with Gasteiger partial charge in [0.1, 0.15) is 12.4 Å². The maximum Gasteiger partial charge on any atom is 0.270 e. The maximum absolute atomic E-state index is 12.3. The van der Waals surface area contributed by atoms with E-state index in [9.17, 15) is 23.3 Å². The van der Waals surface area contributed by atoms with Gasteiger partial charge in [-0.3, -0.25) is 14.9 Å². The topological polar surface area (TPSA) is 128 Å². The summed E-state index contributed by atoms with van der Waals surface area (Å²) in [6, 6.07) is 10.4. The molecule has 0 spiro atoms. The maximum atomic E-state index is 12.3. The number of nitro benzene ring substituents is 1. The van der Waals surface area contributed by atoms with Gasteiger partial charge in [-0.15, -0.1) is 0 Å². The summed E-state index contributed by atoms with van der Waals surface area (Å²) >= 11 is 0. The molecule has 0 radical (unpaired) electrons. The minimum Gasteiger partial charge on any atom is -0.481 e. The minimum atomic E-state index is -3.94. The molecule has 0 aliphatic carbocycles. The van der Waals surface area contributed by atoms with Crippen LogP contribution >= 0.6 is 0 Å². The highest BCUT2D eigenvalue weighted by molar-refractivity contribution is 7.89. The van der Waals surface area contributed by atoms with Gasteiger partial charge in [-0.2, -0.15) is 4.72 Å². The van der Waals surface area contributed by atoms with Crippen LogP contribution in [0.2, 0.25) is 0 Å². The smallest absolute Gasteiger partial charge is 0.270 e. The van der Waals surface area contributed by atoms with E-state index in [-0.39, 0.29) is 29.6 Å². The molecule has 0 aliphatic heterocycles. The number of nitrogens with one attached hydrogen (secondary N) is 2. The van der Waals surface area contributed by atoms with Crippen LogP contribution < -0.4 is 14.8 Å². The van der Waals surface area contributed by atoms with E-state index in [0.717, 1.165) is 6.07 Å². The molecule has 9 nitrogen and oxygen atoms in total. The molecule has 10 heteroatoms. The first kappa shape index (κ1) is 21.9. The normalized spacial score (nSPS) is 10.6. The Hall–Kier alpha value is -3.42. The Morgan fingerprint density at radius 2 is 1.97 bits per heavy atom. The van der Waals surface area contributed by atoms with E-state index in [2.05, 4.69) is 21.9 Å². The molecule has 0 unspecified atom stereocenters. The Balaban J connectivity index is 1.92. The first-order valence-corrected chi connectivity index (χ1v) is 9.88. The second-order valence-corrected chi connectivity index (χ2v) is 7.62. The molecule has 0 aromatic heterocycles. The number of nitro groups is 1. The minimum absolute atomic E-state index is 0.0150. The van der Waals surface area contributed by atoms with Crippen molar-refractivity contribution < 1.29 is 22.9 Å². The number of aryl methyl sites for hydroxylation is 1. The van der Waals surface area contributed by atoms with Crippen LogP contribution in [-0.2, 0) is 14.8 Å². The van der Waals surface area contributed by atoms with Crippen molar-refractivity contribution in [1.29, 1.82) is 0 Å². The highest BCUT2D eigenvalue weighted by atomic mass is 32.2. The third-order valence-corrected chi connectivity index (χ3v) is 5.16. The molecule has 2 aromatic rings. The van der Waals surface area contributed by atoms with Crippen LogP contribution in [0.3, 0.4) is 0 Å². The number of hydrogen-bond acceptors (Lipinski definition) is 6. The fourth-order valence-electron chi connectivity index (χ4n) is 2.30. The van der Waals surface area contributed by atoms with Gasteiger partial charge in [0.15, 0.2) is 0 Å². The molecule has 0 heterocycles. The second-order valence-electron chi connectivity index (χ2n) is 5.88. The van der Waals surface area contributed by atoms with Gasteiger partial charge in [0.2, 0.25) is 15.9 Å². The molecule has 0 aliphatic rings. The van der Waals surface area contributed by atoms with E-state index in [1.165, 1.54) is 19.1 Å². The van der Waals surface area contributed by atoms with Crippen LogP contribution in [0.15, 0.2) is 47.4 Å². The number of sulfonamides is 1. The van der Waals surface area contributed by atoms with Crippen molar-refractivity contribution in [3.63, 3.8) is 0 Å². The zero-order valence-electron chi connectivity index (χ0n) is 15.8. The molecular weight excluding hydrogens is 398 g/mol. The molecule has 0 fully saturated rings. The first-order valence-electron chi connectivity index (χ1n) is 8.40. The molecular formula is C19H19N3O6S. The largest absolute Gasteiger partial charge is 0.481 e. The summed E-state index contributed by atoms with van der Waals surface area (Å²) in [5, 5.41) is 13.5. The second kappa shape index (κ2) is 9.68. The average Bonchev–Trinajstić information content (AvgIpc) is 2.64. The van der Waals surface area contributed by atoms with Gasteiger partial charge in [0.05, 0.1) is 16.4 Å². The van der Waals surface area contributed by atoms with Crippen LogP contribution in [0.1, 0.15) is 12.5 Å². The summed E-state index contributed by atoms with van der Waals surface area (Å²) in [4.78, 5) is 21.1. The lowest BCUT2D eigenvalue weighted by Gasteiger charge is -2.07. The van der Waals surface area contributed by atoms with Gasteiger partial charge < -0.3 is 10.1 Å². The van der Waals surface area contributed by atoms with Crippen LogP contribution in [0.4, 0.5) is 11.4 Å². The third kappa shape index (κ3) is 6.60. The molecule has 0 atom stereocenters. The van der Waals surface area contributed by atoms with E-state index in [4.69, 9.17) is 4.74 Å². The molecule has 0 bridgehead atoms. The standard InChI is InChI=1S/C19H19N3O6S/c1-14-8-9-17(22(24)25)13-19(14)29(26,27)20-10-3-4-11-28-18-7-5-6-16(12-18)21-15(2)23/h5-9,12-13,20H,10-11H2,1-2H3,(H,21,23). The number of carbonyl (C=O) groups is 1. The molecule has 0 saturated heterocycles. The number of ether oxygens (including phenoxy) is 1. The van der Waals surface area contributed by atoms with Gasteiger partial charge in [-0.05, 0) is 24.6 Å². The Labute approximate surface area is 168 Å². The highest BCUT2D eigenvalue weighted by Gasteiger charge is 2.19. The zero-order chi connectivity index (χ0) is 21.4. The van der Waals surface area contributed by atoms with Crippen molar-refractivity contribution in [2.45, 2.75) is 18.7 Å². The van der Waals surface area contributed by atoms with E-state index in [0.29, 0.717) is 17.0 Å². The molecule has 0 saturated carbocycles. The molecule has 1 amide bonds. The molecule has 2 aromatic carbocycles. The number of anilines is 1.